The molecule has 19 heavy (non-hydrogen) atoms. The van der Waals surface area contributed by atoms with E-state index >= 15 is 0 Å². The fourth-order valence-corrected chi connectivity index (χ4v) is 2.12. The van der Waals surface area contributed by atoms with Crippen molar-refractivity contribution in [1.29, 1.82) is 0 Å². The summed E-state index contributed by atoms with van der Waals surface area (Å²) in [6.45, 7) is 1.70. The molecule has 3 N–H and O–H groups in total. The Morgan fingerprint density at radius 2 is 1.95 bits per heavy atom. The third-order valence-electron chi connectivity index (χ3n) is 2.44. The minimum absolute atomic E-state index is 0.0102. The van der Waals surface area contributed by atoms with Crippen molar-refractivity contribution in [3.05, 3.63) is 29.8 Å². The van der Waals surface area contributed by atoms with Crippen molar-refractivity contribution in [2.45, 2.75) is 24.3 Å². The Morgan fingerprint density at radius 3 is 2.47 bits per heavy atom. The highest BCUT2D eigenvalue weighted by molar-refractivity contribution is 8.00. The maximum atomic E-state index is 11.6. The Hall–Kier alpha value is -1.53. The van der Waals surface area contributed by atoms with Gasteiger partial charge in [-0.25, -0.2) is 4.79 Å². The number of thioether (sulfide) groups is 1. The first-order chi connectivity index (χ1) is 9.02. The first-order valence-electron chi connectivity index (χ1n) is 5.85. The number of aryl methyl sites for hydroxylation is 1. The summed E-state index contributed by atoms with van der Waals surface area (Å²) >= 11 is 1.34. The van der Waals surface area contributed by atoms with Crippen LogP contribution in [0.2, 0.25) is 0 Å². The zero-order chi connectivity index (χ0) is 14.3. The normalized spacial score (nSPS) is 11.9. The number of hydrogen-bond donors (Lipinski definition) is 3. The van der Waals surface area contributed by atoms with Crippen molar-refractivity contribution in [1.82, 2.24) is 5.32 Å². The third kappa shape index (κ3) is 5.76. The van der Waals surface area contributed by atoms with Gasteiger partial charge in [-0.3, -0.25) is 4.79 Å². The maximum absolute atomic E-state index is 11.6. The summed E-state index contributed by atoms with van der Waals surface area (Å²) < 4.78 is 0. The largest absolute Gasteiger partial charge is 0.480 e. The van der Waals surface area contributed by atoms with Crippen LogP contribution >= 0.6 is 11.8 Å². The number of benzene rings is 1. The lowest BCUT2D eigenvalue weighted by Crippen LogP contribution is -2.42. The van der Waals surface area contributed by atoms with E-state index in [1.165, 1.54) is 11.8 Å². The number of aliphatic hydroxyl groups is 1. The van der Waals surface area contributed by atoms with Crippen LogP contribution in [0, 0.1) is 6.92 Å². The summed E-state index contributed by atoms with van der Waals surface area (Å²) in [6.07, 6.45) is 0.0102. The molecule has 0 heterocycles. The summed E-state index contributed by atoms with van der Waals surface area (Å²) in [7, 11) is 0. The van der Waals surface area contributed by atoms with Gasteiger partial charge in [-0.1, -0.05) is 17.7 Å². The predicted octanol–water partition coefficient (Wildman–Crippen LogP) is 1.04. The summed E-state index contributed by atoms with van der Waals surface area (Å²) in [5.74, 6) is -1.34. The van der Waals surface area contributed by atoms with E-state index in [0.717, 1.165) is 10.5 Å². The summed E-state index contributed by atoms with van der Waals surface area (Å²) in [5.41, 5.74) is 1.14. The van der Waals surface area contributed by atoms with Gasteiger partial charge in [0, 0.05) is 17.9 Å². The van der Waals surface area contributed by atoms with Crippen LogP contribution in [-0.4, -0.2) is 40.5 Å². The van der Waals surface area contributed by atoms with E-state index in [1.807, 2.05) is 31.2 Å². The van der Waals surface area contributed by atoms with E-state index in [1.54, 1.807) is 0 Å². The van der Waals surface area contributed by atoms with Crippen LogP contribution in [0.1, 0.15) is 12.0 Å². The molecule has 1 aromatic carbocycles. The first-order valence-corrected chi connectivity index (χ1v) is 6.84. The summed E-state index contributed by atoms with van der Waals surface area (Å²) in [6, 6.07) is 6.69. The number of carbonyl (C=O) groups excluding carboxylic acids is 1. The maximum Gasteiger partial charge on any atom is 0.326 e. The van der Waals surface area contributed by atoms with Gasteiger partial charge in [0.1, 0.15) is 6.04 Å². The lowest BCUT2D eigenvalue weighted by molar-refractivity contribution is -0.141. The lowest BCUT2D eigenvalue weighted by atomic mass is 10.2. The van der Waals surface area contributed by atoms with Crippen LogP contribution in [0.3, 0.4) is 0 Å². The average Bonchev–Trinajstić information content (AvgIpc) is 2.37. The van der Waals surface area contributed by atoms with Crippen LogP contribution in [0.4, 0.5) is 0 Å². The van der Waals surface area contributed by atoms with E-state index in [4.69, 9.17) is 10.2 Å². The number of aliphatic carboxylic acids is 1. The number of amides is 1. The SMILES string of the molecule is Cc1ccc(SCC(=O)N[C@@H](CCO)C(=O)O)cc1. The van der Waals surface area contributed by atoms with Gasteiger partial charge in [0.05, 0.1) is 5.75 Å². The van der Waals surface area contributed by atoms with E-state index in [-0.39, 0.29) is 24.7 Å². The molecule has 0 fully saturated rings. The molecule has 1 rings (SSSR count). The lowest BCUT2D eigenvalue weighted by Gasteiger charge is -2.12. The van der Waals surface area contributed by atoms with Gasteiger partial charge < -0.3 is 15.5 Å². The minimum atomic E-state index is -1.14. The van der Waals surface area contributed by atoms with Crippen LogP contribution < -0.4 is 5.32 Å². The number of carboxylic acids is 1. The Labute approximate surface area is 116 Å². The quantitative estimate of drug-likeness (QED) is 0.651. The Morgan fingerprint density at radius 1 is 1.32 bits per heavy atom. The topological polar surface area (TPSA) is 86.6 Å². The zero-order valence-corrected chi connectivity index (χ0v) is 11.4. The van der Waals surface area contributed by atoms with Crippen molar-refractivity contribution in [2.75, 3.05) is 12.4 Å². The second kappa shape index (κ2) is 7.81. The third-order valence-corrected chi connectivity index (χ3v) is 3.45. The van der Waals surface area contributed by atoms with E-state index in [2.05, 4.69) is 5.32 Å². The van der Waals surface area contributed by atoms with Crippen molar-refractivity contribution in [3.63, 3.8) is 0 Å². The molecule has 0 radical (unpaired) electrons. The Kier molecular flexibility index (Phi) is 6.38. The number of carboxylic acid groups (broad SMARTS) is 1. The molecular weight excluding hydrogens is 266 g/mol. The summed E-state index contributed by atoms with van der Waals surface area (Å²) in [4.78, 5) is 23.4. The predicted molar refractivity (Wildman–Crippen MR) is 73.2 cm³/mol. The molecule has 6 heteroatoms. The van der Waals surface area contributed by atoms with Gasteiger partial charge in [0.25, 0.3) is 0 Å². The highest BCUT2D eigenvalue weighted by Crippen LogP contribution is 2.17. The number of aliphatic hydroxyl groups excluding tert-OH is 1. The van der Waals surface area contributed by atoms with Crippen molar-refractivity contribution in [3.8, 4) is 0 Å². The fourth-order valence-electron chi connectivity index (χ4n) is 1.41. The zero-order valence-electron chi connectivity index (χ0n) is 10.6. The van der Waals surface area contributed by atoms with Gasteiger partial charge in [-0.15, -0.1) is 11.8 Å². The fraction of sp³-hybridized carbons (Fsp3) is 0.385. The molecule has 0 unspecified atom stereocenters. The van der Waals surface area contributed by atoms with Crippen LogP contribution in [0.15, 0.2) is 29.2 Å². The smallest absolute Gasteiger partial charge is 0.326 e. The standard InChI is InChI=1S/C13H17NO4S/c1-9-2-4-10(5-3-9)19-8-12(16)14-11(6-7-15)13(17)18/h2-5,11,15H,6-8H2,1H3,(H,14,16)(H,17,18)/t11-/m0/s1. The molecule has 0 aliphatic rings. The molecule has 1 aromatic rings. The molecule has 0 aliphatic carbocycles. The molecular formula is C13H17NO4S. The number of carbonyl (C=O) groups is 2. The van der Waals surface area contributed by atoms with E-state index < -0.39 is 12.0 Å². The molecule has 0 spiro atoms. The van der Waals surface area contributed by atoms with Crippen LogP contribution in [-0.2, 0) is 9.59 Å². The van der Waals surface area contributed by atoms with Gasteiger partial charge in [-0.2, -0.15) is 0 Å². The van der Waals surface area contributed by atoms with Gasteiger partial charge in [-0.05, 0) is 19.1 Å². The van der Waals surface area contributed by atoms with Gasteiger partial charge in [0.15, 0.2) is 0 Å². The van der Waals surface area contributed by atoms with E-state index in [0.29, 0.717) is 0 Å². The first kappa shape index (κ1) is 15.5. The Balaban J connectivity index is 2.42. The molecule has 1 atom stereocenters. The molecule has 1 amide bonds. The van der Waals surface area contributed by atoms with Gasteiger partial charge in [0.2, 0.25) is 5.91 Å². The van der Waals surface area contributed by atoms with Crippen LogP contribution in [0.25, 0.3) is 0 Å². The number of rotatable bonds is 7. The second-order valence-corrected chi connectivity index (χ2v) is 5.12. The van der Waals surface area contributed by atoms with Crippen molar-refractivity contribution in [2.24, 2.45) is 0 Å². The monoisotopic (exact) mass is 283 g/mol. The number of hydrogen-bond acceptors (Lipinski definition) is 4. The minimum Gasteiger partial charge on any atom is -0.480 e. The van der Waals surface area contributed by atoms with Crippen LogP contribution in [0.5, 0.6) is 0 Å². The van der Waals surface area contributed by atoms with Gasteiger partial charge >= 0.3 is 5.97 Å². The van der Waals surface area contributed by atoms with Crippen molar-refractivity contribution >= 4 is 23.6 Å². The molecule has 0 bridgehead atoms. The molecule has 0 aromatic heterocycles. The highest BCUT2D eigenvalue weighted by Gasteiger charge is 2.18. The molecule has 0 aliphatic heterocycles. The van der Waals surface area contributed by atoms with E-state index in [9.17, 15) is 9.59 Å². The molecule has 0 saturated carbocycles. The number of nitrogens with one attached hydrogen (secondary N) is 1. The average molecular weight is 283 g/mol. The van der Waals surface area contributed by atoms with Crippen molar-refractivity contribution < 1.29 is 19.8 Å². The second-order valence-electron chi connectivity index (χ2n) is 4.07. The highest BCUT2D eigenvalue weighted by atomic mass is 32.2. The molecule has 0 saturated heterocycles. The molecule has 104 valence electrons. The molecule has 5 nitrogen and oxygen atoms in total. The Bertz CT molecular complexity index is 433. The summed E-state index contributed by atoms with van der Waals surface area (Å²) in [5, 5.41) is 19.9.